The zero-order valence-electron chi connectivity index (χ0n) is 7.36. The Labute approximate surface area is 77.4 Å². The molecule has 1 rings (SSSR count). The largest absolute Gasteiger partial charge is 0.396 e. The fourth-order valence-corrected chi connectivity index (χ4v) is 1.17. The van der Waals surface area contributed by atoms with Gasteiger partial charge in [0.2, 0.25) is 6.41 Å². The van der Waals surface area contributed by atoms with Gasteiger partial charge in [0, 0.05) is 12.3 Å². The van der Waals surface area contributed by atoms with Crippen LogP contribution in [0.3, 0.4) is 0 Å². The molecule has 0 heterocycles. The highest BCUT2D eigenvalue weighted by Crippen LogP contribution is 2.11. The van der Waals surface area contributed by atoms with Gasteiger partial charge >= 0.3 is 0 Å². The van der Waals surface area contributed by atoms with Gasteiger partial charge in [0.25, 0.3) is 0 Å². The average molecular weight is 179 g/mol. The number of hydrogen-bond donors (Lipinski definition) is 2. The van der Waals surface area contributed by atoms with E-state index in [-0.39, 0.29) is 6.61 Å². The highest BCUT2D eigenvalue weighted by Gasteiger charge is 1.94. The quantitative estimate of drug-likeness (QED) is 0.667. The summed E-state index contributed by atoms with van der Waals surface area (Å²) in [5.74, 6) is 0. The lowest BCUT2D eigenvalue weighted by molar-refractivity contribution is -0.105. The first-order valence-electron chi connectivity index (χ1n) is 4.27. The third-order valence-electron chi connectivity index (χ3n) is 1.78. The van der Waals surface area contributed by atoms with Crippen molar-refractivity contribution in [2.24, 2.45) is 0 Å². The van der Waals surface area contributed by atoms with E-state index >= 15 is 0 Å². The number of aliphatic hydroxyl groups excluding tert-OH is 1. The molecular formula is C10H13NO2. The summed E-state index contributed by atoms with van der Waals surface area (Å²) in [5.41, 5.74) is 1.92. The van der Waals surface area contributed by atoms with E-state index in [1.165, 1.54) is 0 Å². The van der Waals surface area contributed by atoms with E-state index in [9.17, 15) is 4.79 Å². The molecule has 0 aromatic heterocycles. The van der Waals surface area contributed by atoms with Gasteiger partial charge < -0.3 is 10.4 Å². The average Bonchev–Trinajstić information content (AvgIpc) is 2.16. The first-order chi connectivity index (χ1) is 6.36. The van der Waals surface area contributed by atoms with Crippen LogP contribution in [0.15, 0.2) is 24.3 Å². The number of nitrogens with one attached hydrogen (secondary N) is 1. The topological polar surface area (TPSA) is 49.3 Å². The van der Waals surface area contributed by atoms with Crippen molar-refractivity contribution in [3.63, 3.8) is 0 Å². The number of aryl methyl sites for hydroxylation is 1. The van der Waals surface area contributed by atoms with E-state index in [2.05, 4.69) is 5.32 Å². The summed E-state index contributed by atoms with van der Waals surface area (Å²) in [5, 5.41) is 11.2. The van der Waals surface area contributed by atoms with Crippen LogP contribution in [0.4, 0.5) is 5.69 Å². The van der Waals surface area contributed by atoms with E-state index in [0.717, 1.165) is 24.1 Å². The Morgan fingerprint density at radius 3 is 3.00 bits per heavy atom. The number of rotatable bonds is 5. The molecule has 0 saturated heterocycles. The molecule has 0 atom stereocenters. The molecule has 0 bridgehead atoms. The highest BCUT2D eigenvalue weighted by atomic mass is 16.2. The van der Waals surface area contributed by atoms with Gasteiger partial charge in [0.15, 0.2) is 0 Å². The summed E-state index contributed by atoms with van der Waals surface area (Å²) in [7, 11) is 0. The van der Waals surface area contributed by atoms with E-state index in [0.29, 0.717) is 6.41 Å². The molecule has 13 heavy (non-hydrogen) atoms. The van der Waals surface area contributed by atoms with E-state index in [1.54, 1.807) is 0 Å². The molecule has 3 nitrogen and oxygen atoms in total. The zero-order chi connectivity index (χ0) is 9.52. The lowest BCUT2D eigenvalue weighted by Gasteiger charge is -2.02. The number of aliphatic hydroxyl groups is 1. The minimum Gasteiger partial charge on any atom is -0.396 e. The number of anilines is 1. The van der Waals surface area contributed by atoms with Gasteiger partial charge in [0.1, 0.15) is 0 Å². The molecule has 1 aromatic carbocycles. The molecule has 1 amide bonds. The molecular weight excluding hydrogens is 166 g/mol. The number of carbonyl (C=O) groups excluding carboxylic acids is 1. The van der Waals surface area contributed by atoms with E-state index < -0.39 is 0 Å². The number of carbonyl (C=O) groups is 1. The maximum absolute atomic E-state index is 10.1. The fourth-order valence-electron chi connectivity index (χ4n) is 1.17. The summed E-state index contributed by atoms with van der Waals surface area (Å²) in [4.78, 5) is 10.1. The smallest absolute Gasteiger partial charge is 0.211 e. The minimum atomic E-state index is 0.200. The third-order valence-corrected chi connectivity index (χ3v) is 1.78. The second-order valence-electron chi connectivity index (χ2n) is 2.79. The Kier molecular flexibility index (Phi) is 3.99. The molecule has 0 aliphatic rings. The molecule has 0 fully saturated rings. The first-order valence-corrected chi connectivity index (χ1v) is 4.27. The Bertz CT molecular complexity index is 273. The molecule has 0 spiro atoms. The number of benzene rings is 1. The predicted molar refractivity (Wildman–Crippen MR) is 51.5 cm³/mol. The SMILES string of the molecule is O=CNc1cccc(CCCO)c1. The van der Waals surface area contributed by atoms with Gasteiger partial charge in [-0.15, -0.1) is 0 Å². The van der Waals surface area contributed by atoms with Gasteiger partial charge in [-0.25, -0.2) is 0 Å². The molecule has 70 valence electrons. The van der Waals surface area contributed by atoms with Crippen molar-refractivity contribution in [1.29, 1.82) is 0 Å². The van der Waals surface area contributed by atoms with Gasteiger partial charge in [-0.1, -0.05) is 12.1 Å². The lowest BCUT2D eigenvalue weighted by atomic mass is 10.1. The molecule has 0 radical (unpaired) electrons. The maximum atomic E-state index is 10.1. The summed E-state index contributed by atoms with van der Waals surface area (Å²) in [6, 6.07) is 7.60. The van der Waals surface area contributed by atoms with Gasteiger partial charge in [-0.3, -0.25) is 4.79 Å². The Morgan fingerprint density at radius 2 is 2.31 bits per heavy atom. The van der Waals surface area contributed by atoms with E-state index in [1.807, 2.05) is 24.3 Å². The fraction of sp³-hybridized carbons (Fsp3) is 0.300. The molecule has 0 aliphatic heterocycles. The number of hydrogen-bond acceptors (Lipinski definition) is 2. The van der Waals surface area contributed by atoms with Gasteiger partial charge in [-0.05, 0) is 30.5 Å². The van der Waals surface area contributed by atoms with Crippen LogP contribution in [0.25, 0.3) is 0 Å². The van der Waals surface area contributed by atoms with Crippen molar-refractivity contribution in [3.8, 4) is 0 Å². The van der Waals surface area contributed by atoms with Crippen LogP contribution in [0.2, 0.25) is 0 Å². The van der Waals surface area contributed by atoms with Crippen molar-refractivity contribution in [1.82, 2.24) is 0 Å². The Hall–Kier alpha value is -1.35. The summed E-state index contributed by atoms with van der Waals surface area (Å²) in [6.07, 6.45) is 2.25. The van der Waals surface area contributed by atoms with Gasteiger partial charge in [-0.2, -0.15) is 0 Å². The van der Waals surface area contributed by atoms with Crippen LogP contribution in [0.5, 0.6) is 0 Å². The van der Waals surface area contributed by atoms with Crippen molar-refractivity contribution < 1.29 is 9.90 Å². The van der Waals surface area contributed by atoms with Crippen LogP contribution < -0.4 is 5.32 Å². The Balaban J connectivity index is 2.61. The zero-order valence-corrected chi connectivity index (χ0v) is 7.36. The van der Waals surface area contributed by atoms with Crippen molar-refractivity contribution in [2.45, 2.75) is 12.8 Å². The summed E-state index contributed by atoms with van der Waals surface area (Å²) in [6.45, 7) is 0.200. The van der Waals surface area contributed by atoms with Crippen molar-refractivity contribution in [3.05, 3.63) is 29.8 Å². The standard InChI is InChI=1S/C10H13NO2/c12-6-2-4-9-3-1-5-10(7-9)11-8-13/h1,3,5,7-8,12H,2,4,6H2,(H,11,13). The van der Waals surface area contributed by atoms with E-state index in [4.69, 9.17) is 5.11 Å². The molecule has 2 N–H and O–H groups in total. The monoisotopic (exact) mass is 179 g/mol. The van der Waals surface area contributed by atoms with Crippen LogP contribution in [-0.2, 0) is 11.2 Å². The van der Waals surface area contributed by atoms with Crippen LogP contribution in [-0.4, -0.2) is 18.1 Å². The maximum Gasteiger partial charge on any atom is 0.211 e. The normalized spacial score (nSPS) is 9.62. The second kappa shape index (κ2) is 5.32. The minimum absolute atomic E-state index is 0.200. The molecule has 0 aliphatic carbocycles. The molecule has 1 aromatic rings. The second-order valence-corrected chi connectivity index (χ2v) is 2.79. The molecule has 0 saturated carbocycles. The third kappa shape index (κ3) is 3.25. The lowest BCUT2D eigenvalue weighted by Crippen LogP contribution is -1.95. The molecule has 3 heteroatoms. The first kappa shape index (κ1) is 9.74. The highest BCUT2D eigenvalue weighted by molar-refractivity contribution is 5.71. The summed E-state index contributed by atoms with van der Waals surface area (Å²) >= 11 is 0. The van der Waals surface area contributed by atoms with Crippen LogP contribution in [0.1, 0.15) is 12.0 Å². The number of amides is 1. The van der Waals surface area contributed by atoms with Crippen LogP contribution in [0, 0.1) is 0 Å². The van der Waals surface area contributed by atoms with Gasteiger partial charge in [0.05, 0.1) is 0 Å². The predicted octanol–water partition coefficient (Wildman–Crippen LogP) is 1.18. The van der Waals surface area contributed by atoms with Crippen LogP contribution >= 0.6 is 0 Å². The summed E-state index contributed by atoms with van der Waals surface area (Å²) < 4.78 is 0. The van der Waals surface area contributed by atoms with Crippen molar-refractivity contribution in [2.75, 3.05) is 11.9 Å². The Morgan fingerprint density at radius 1 is 1.46 bits per heavy atom. The molecule has 0 unspecified atom stereocenters. The van der Waals surface area contributed by atoms with Crippen molar-refractivity contribution >= 4 is 12.1 Å².